The van der Waals surface area contributed by atoms with Gasteiger partial charge < -0.3 is 14.8 Å². The largest absolute Gasteiger partial charge is 0.444 e. The van der Waals surface area contributed by atoms with E-state index in [-0.39, 0.29) is 23.3 Å². The van der Waals surface area contributed by atoms with Gasteiger partial charge in [0, 0.05) is 43.2 Å². The summed E-state index contributed by atoms with van der Waals surface area (Å²) >= 11 is 0. The van der Waals surface area contributed by atoms with E-state index in [9.17, 15) is 24.5 Å². The molecule has 0 aromatic heterocycles. The van der Waals surface area contributed by atoms with Gasteiger partial charge in [0.2, 0.25) is 5.91 Å². The number of benzene rings is 2. The third kappa shape index (κ3) is 8.29. The zero-order valence-electron chi connectivity index (χ0n) is 21.7. The van der Waals surface area contributed by atoms with E-state index in [1.54, 1.807) is 45.0 Å². The third-order valence-corrected chi connectivity index (χ3v) is 5.36. The van der Waals surface area contributed by atoms with Gasteiger partial charge >= 0.3 is 12.2 Å². The monoisotopic (exact) mass is 525 g/mol. The van der Waals surface area contributed by atoms with E-state index in [1.807, 2.05) is 6.92 Å². The van der Waals surface area contributed by atoms with Crippen molar-refractivity contribution in [3.05, 3.63) is 64.2 Å². The van der Waals surface area contributed by atoms with Crippen LogP contribution in [0.25, 0.3) is 0 Å². The summed E-state index contributed by atoms with van der Waals surface area (Å²) in [4.78, 5) is 46.6. The van der Waals surface area contributed by atoms with Gasteiger partial charge in [-0.2, -0.15) is 5.10 Å². The summed E-state index contributed by atoms with van der Waals surface area (Å²) in [5.41, 5.74) is 1.33. The third-order valence-electron chi connectivity index (χ3n) is 5.36. The van der Waals surface area contributed by atoms with Crippen LogP contribution in [0.3, 0.4) is 0 Å². The molecule has 12 heteroatoms. The number of nitro benzene ring substituents is 1. The molecule has 202 valence electrons. The zero-order chi connectivity index (χ0) is 27.9. The number of nitrogens with one attached hydrogen (secondary N) is 2. The molecule has 3 amide bonds. The zero-order valence-corrected chi connectivity index (χ0v) is 21.7. The Labute approximate surface area is 220 Å². The van der Waals surface area contributed by atoms with E-state index in [1.165, 1.54) is 29.3 Å². The molecule has 3 rings (SSSR count). The fourth-order valence-corrected chi connectivity index (χ4v) is 3.61. The lowest BCUT2D eigenvalue weighted by Gasteiger charge is -2.28. The van der Waals surface area contributed by atoms with E-state index < -0.39 is 22.7 Å². The van der Waals surface area contributed by atoms with Crippen molar-refractivity contribution in [3.63, 3.8) is 0 Å². The number of hydrogen-bond donors (Lipinski definition) is 2. The molecule has 1 heterocycles. The molecule has 2 N–H and O–H groups in total. The van der Waals surface area contributed by atoms with Gasteiger partial charge in [-0.15, -0.1) is 0 Å². The summed E-state index contributed by atoms with van der Waals surface area (Å²) in [6.07, 6.45) is -0.437. The second kappa shape index (κ2) is 12.2. The smallest absolute Gasteiger partial charge is 0.417 e. The molecule has 0 radical (unpaired) electrons. The van der Waals surface area contributed by atoms with Gasteiger partial charge in [0.05, 0.1) is 10.6 Å². The Hall–Kier alpha value is -4.48. The molecule has 0 fully saturated rings. The summed E-state index contributed by atoms with van der Waals surface area (Å²) in [5.74, 6) is -0.0171. The summed E-state index contributed by atoms with van der Waals surface area (Å²) < 4.78 is 10.4. The Morgan fingerprint density at radius 3 is 2.37 bits per heavy atom. The highest BCUT2D eigenvalue weighted by molar-refractivity contribution is 6.06. The predicted molar refractivity (Wildman–Crippen MR) is 140 cm³/mol. The molecule has 38 heavy (non-hydrogen) atoms. The van der Waals surface area contributed by atoms with E-state index in [0.29, 0.717) is 31.6 Å². The van der Waals surface area contributed by atoms with Crippen LogP contribution in [0, 0.1) is 16.0 Å². The highest BCUT2D eigenvalue weighted by Crippen LogP contribution is 2.23. The number of amides is 3. The van der Waals surface area contributed by atoms with Crippen molar-refractivity contribution in [3.8, 4) is 5.75 Å². The van der Waals surface area contributed by atoms with Gasteiger partial charge in [-0.25, -0.2) is 14.6 Å². The first kappa shape index (κ1) is 28.1. The lowest BCUT2D eigenvalue weighted by Crippen LogP contribution is -2.38. The molecule has 1 unspecified atom stereocenters. The maximum absolute atomic E-state index is 12.5. The molecule has 0 saturated carbocycles. The Balaban J connectivity index is 1.56. The molecule has 0 bridgehead atoms. The van der Waals surface area contributed by atoms with Crippen LogP contribution in [0.5, 0.6) is 5.75 Å². The Bertz CT molecular complexity index is 1200. The first-order valence-electron chi connectivity index (χ1n) is 12.1. The first-order valence-corrected chi connectivity index (χ1v) is 12.1. The fraction of sp³-hybridized carbons (Fsp3) is 0.385. The number of alkyl carbamates (subject to hydrolysis) is 1. The van der Waals surface area contributed by atoms with Gasteiger partial charge in [-0.1, -0.05) is 19.1 Å². The maximum Gasteiger partial charge on any atom is 0.417 e. The van der Waals surface area contributed by atoms with Crippen molar-refractivity contribution in [2.75, 3.05) is 18.4 Å². The molecule has 0 spiro atoms. The van der Waals surface area contributed by atoms with Crippen LogP contribution < -0.4 is 15.4 Å². The molecule has 12 nitrogen and oxygen atoms in total. The maximum atomic E-state index is 12.5. The van der Waals surface area contributed by atoms with Crippen LogP contribution in [-0.2, 0) is 9.53 Å². The van der Waals surface area contributed by atoms with Gasteiger partial charge in [0.25, 0.3) is 5.69 Å². The fourth-order valence-electron chi connectivity index (χ4n) is 3.61. The SMILES string of the molecule is CC1CC(=O)N(CCCNC(=O)OC(C)(C)C)N=C1c1ccc(NC(=O)Oc2ccc([N+](=O)[O-])cc2)cc1. The van der Waals surface area contributed by atoms with E-state index in [4.69, 9.17) is 9.47 Å². The minimum atomic E-state index is -0.744. The lowest BCUT2D eigenvalue weighted by molar-refractivity contribution is -0.384. The number of carbonyl (C=O) groups excluding carboxylic acids is 3. The molecular formula is C26H31N5O7. The highest BCUT2D eigenvalue weighted by Gasteiger charge is 2.27. The number of ether oxygens (including phenoxy) is 2. The Kier molecular flexibility index (Phi) is 9.00. The number of nitrogens with zero attached hydrogens (tertiary/aromatic N) is 3. The van der Waals surface area contributed by atoms with Crippen molar-refractivity contribution < 1.29 is 28.8 Å². The standard InChI is InChI=1S/C26H31N5O7/c1-17-16-22(32)30(15-5-14-27-24(33)38-26(2,3)4)29-23(17)18-6-8-19(9-7-18)28-25(34)37-21-12-10-20(11-13-21)31(35)36/h6-13,17H,5,14-16H2,1-4H3,(H,27,33)(H,28,34). The minimum absolute atomic E-state index is 0.0919. The number of rotatable bonds is 8. The summed E-state index contributed by atoms with van der Waals surface area (Å²) in [6, 6.07) is 12.1. The topological polar surface area (TPSA) is 152 Å². The number of nitro groups is 1. The Morgan fingerprint density at radius 1 is 1.11 bits per heavy atom. The van der Waals surface area contributed by atoms with Crippen molar-refractivity contribution in [2.24, 2.45) is 11.0 Å². The van der Waals surface area contributed by atoms with Crippen LogP contribution in [0.2, 0.25) is 0 Å². The molecular weight excluding hydrogens is 494 g/mol. The minimum Gasteiger partial charge on any atom is -0.444 e. The quantitative estimate of drug-likeness (QED) is 0.288. The number of hydrogen-bond acceptors (Lipinski definition) is 8. The van der Waals surface area contributed by atoms with Crippen LogP contribution >= 0.6 is 0 Å². The molecule has 1 atom stereocenters. The first-order chi connectivity index (χ1) is 17.9. The molecule has 2 aromatic rings. The average molecular weight is 526 g/mol. The summed E-state index contributed by atoms with van der Waals surface area (Å²) in [7, 11) is 0. The van der Waals surface area contributed by atoms with Gasteiger partial charge in [-0.05, 0) is 57.0 Å². The van der Waals surface area contributed by atoms with Crippen molar-refractivity contribution in [1.29, 1.82) is 0 Å². The number of anilines is 1. The van der Waals surface area contributed by atoms with Crippen molar-refractivity contribution in [2.45, 2.75) is 46.1 Å². The van der Waals surface area contributed by atoms with Crippen LogP contribution in [0.15, 0.2) is 53.6 Å². The molecule has 1 aliphatic heterocycles. The summed E-state index contributed by atoms with van der Waals surface area (Å²) in [6.45, 7) is 7.96. The normalized spacial score (nSPS) is 15.4. The van der Waals surface area contributed by atoms with Crippen LogP contribution in [0.1, 0.15) is 46.1 Å². The van der Waals surface area contributed by atoms with Crippen LogP contribution in [0.4, 0.5) is 21.0 Å². The molecule has 2 aromatic carbocycles. The second-order valence-corrected chi connectivity index (χ2v) is 9.73. The predicted octanol–water partition coefficient (Wildman–Crippen LogP) is 4.69. The van der Waals surface area contributed by atoms with Gasteiger partial charge in [0.15, 0.2) is 0 Å². The number of carbonyl (C=O) groups is 3. The lowest BCUT2D eigenvalue weighted by atomic mass is 9.93. The van der Waals surface area contributed by atoms with E-state index >= 15 is 0 Å². The molecule has 0 saturated heterocycles. The summed E-state index contributed by atoms with van der Waals surface area (Å²) in [5, 5.41) is 22.0. The second-order valence-electron chi connectivity index (χ2n) is 9.73. The van der Waals surface area contributed by atoms with E-state index in [0.717, 1.165) is 11.3 Å². The van der Waals surface area contributed by atoms with Gasteiger partial charge in [0.1, 0.15) is 11.4 Å². The number of hydrazone groups is 1. The average Bonchev–Trinajstić information content (AvgIpc) is 2.83. The van der Waals surface area contributed by atoms with E-state index in [2.05, 4.69) is 15.7 Å². The molecule has 0 aliphatic carbocycles. The Morgan fingerprint density at radius 2 is 1.76 bits per heavy atom. The van der Waals surface area contributed by atoms with Gasteiger partial charge in [-0.3, -0.25) is 20.2 Å². The van der Waals surface area contributed by atoms with Crippen molar-refractivity contribution in [1.82, 2.24) is 10.3 Å². The van der Waals surface area contributed by atoms with Crippen molar-refractivity contribution >= 4 is 35.2 Å². The molecule has 1 aliphatic rings. The van der Waals surface area contributed by atoms with Crippen LogP contribution in [-0.4, -0.2) is 52.4 Å². The number of non-ortho nitro benzene ring substituents is 1. The highest BCUT2D eigenvalue weighted by atomic mass is 16.6.